The molecule has 0 saturated heterocycles. The van der Waals surface area contributed by atoms with Crippen LogP contribution in [0.25, 0.3) is 10.1 Å². The van der Waals surface area contributed by atoms with Gasteiger partial charge in [0.15, 0.2) is 0 Å². The van der Waals surface area contributed by atoms with Crippen LogP contribution in [0.3, 0.4) is 0 Å². The van der Waals surface area contributed by atoms with Gasteiger partial charge in [-0.3, -0.25) is 0 Å². The van der Waals surface area contributed by atoms with Crippen LogP contribution in [-0.4, -0.2) is 12.6 Å². The third kappa shape index (κ3) is 3.20. The Morgan fingerprint density at radius 1 is 1.33 bits per heavy atom. The molecule has 18 heavy (non-hydrogen) atoms. The fourth-order valence-electron chi connectivity index (χ4n) is 1.66. The number of rotatable bonds is 5. The summed E-state index contributed by atoms with van der Waals surface area (Å²) in [5.74, 6) is -0.221. The summed E-state index contributed by atoms with van der Waals surface area (Å²) < 4.78 is 6.35. The monoisotopic (exact) mass is 260 g/mol. The van der Waals surface area contributed by atoms with Gasteiger partial charge in [0.05, 0.1) is 6.61 Å². The van der Waals surface area contributed by atoms with Gasteiger partial charge in [-0.25, -0.2) is 4.79 Å². The zero-order chi connectivity index (χ0) is 12.8. The van der Waals surface area contributed by atoms with Gasteiger partial charge in [-0.2, -0.15) is 0 Å². The van der Waals surface area contributed by atoms with Gasteiger partial charge in [-0.15, -0.1) is 11.3 Å². The van der Waals surface area contributed by atoms with E-state index in [9.17, 15) is 4.79 Å². The number of carbonyl (C=O) groups is 1. The molecule has 0 spiro atoms. The summed E-state index contributed by atoms with van der Waals surface area (Å²) in [4.78, 5) is 12.5. The Morgan fingerprint density at radius 2 is 2.17 bits per heavy atom. The number of fused-ring (bicyclic) bond motifs is 1. The van der Waals surface area contributed by atoms with Crippen LogP contribution in [0.4, 0.5) is 0 Å². The van der Waals surface area contributed by atoms with Gasteiger partial charge < -0.3 is 4.74 Å². The molecule has 0 aliphatic heterocycles. The molecule has 3 heteroatoms. The van der Waals surface area contributed by atoms with Crippen LogP contribution in [-0.2, 0) is 4.74 Å². The standard InChI is InChI=1S/C15H16O2S/c1-2-3-4-7-10-17-15(16)14-11-12-8-5-6-9-13(12)18-14/h3-6,8-9,11H,2,7,10H2,1H3/b4-3-. The highest BCUT2D eigenvalue weighted by atomic mass is 32.1. The zero-order valence-corrected chi connectivity index (χ0v) is 11.2. The molecule has 0 atom stereocenters. The summed E-state index contributed by atoms with van der Waals surface area (Å²) in [6, 6.07) is 9.86. The molecule has 1 heterocycles. The molecule has 0 bridgehead atoms. The Balaban J connectivity index is 1.94. The molecular weight excluding hydrogens is 244 g/mol. The van der Waals surface area contributed by atoms with Gasteiger partial charge in [0.25, 0.3) is 0 Å². The van der Waals surface area contributed by atoms with Gasteiger partial charge >= 0.3 is 5.97 Å². The van der Waals surface area contributed by atoms with Crippen molar-refractivity contribution in [1.82, 2.24) is 0 Å². The molecule has 1 aromatic carbocycles. The fourth-order valence-corrected chi connectivity index (χ4v) is 2.61. The predicted octanol–water partition coefficient (Wildman–Crippen LogP) is 4.41. The van der Waals surface area contributed by atoms with Crippen LogP contribution in [0.1, 0.15) is 29.4 Å². The first kappa shape index (κ1) is 12.8. The van der Waals surface area contributed by atoms with Crippen LogP contribution in [0, 0.1) is 0 Å². The smallest absolute Gasteiger partial charge is 0.348 e. The fraction of sp³-hybridized carbons (Fsp3) is 0.267. The summed E-state index contributed by atoms with van der Waals surface area (Å²) in [6.07, 6.45) is 5.92. The first-order chi connectivity index (χ1) is 8.81. The van der Waals surface area contributed by atoms with E-state index < -0.39 is 0 Å². The molecule has 0 N–H and O–H groups in total. The Kier molecular flexibility index (Phi) is 4.53. The minimum absolute atomic E-state index is 0.221. The molecule has 2 rings (SSSR count). The molecular formula is C15H16O2S. The average molecular weight is 260 g/mol. The van der Waals surface area contributed by atoms with Gasteiger partial charge in [0.1, 0.15) is 4.88 Å². The van der Waals surface area contributed by atoms with Crippen molar-refractivity contribution in [3.8, 4) is 0 Å². The van der Waals surface area contributed by atoms with Crippen molar-refractivity contribution >= 4 is 27.4 Å². The van der Waals surface area contributed by atoms with Gasteiger partial charge in [0, 0.05) is 4.70 Å². The summed E-state index contributed by atoms with van der Waals surface area (Å²) in [7, 11) is 0. The van der Waals surface area contributed by atoms with E-state index in [0.29, 0.717) is 11.5 Å². The maximum Gasteiger partial charge on any atom is 0.348 e. The minimum atomic E-state index is -0.221. The van der Waals surface area contributed by atoms with E-state index in [2.05, 4.69) is 13.0 Å². The lowest BCUT2D eigenvalue weighted by Gasteiger charge is -1.99. The second-order valence-electron chi connectivity index (χ2n) is 3.95. The molecule has 0 amide bonds. The van der Waals surface area contributed by atoms with Crippen molar-refractivity contribution in [2.75, 3.05) is 6.61 Å². The second kappa shape index (κ2) is 6.36. The molecule has 2 nitrogen and oxygen atoms in total. The summed E-state index contributed by atoms with van der Waals surface area (Å²) in [5, 5.41) is 1.10. The van der Waals surface area contributed by atoms with E-state index in [1.807, 2.05) is 36.4 Å². The largest absolute Gasteiger partial charge is 0.461 e. The third-order valence-electron chi connectivity index (χ3n) is 2.55. The maximum atomic E-state index is 11.8. The number of ether oxygens (including phenoxy) is 1. The van der Waals surface area contributed by atoms with Gasteiger partial charge in [0.2, 0.25) is 0 Å². The van der Waals surface area contributed by atoms with E-state index in [-0.39, 0.29) is 5.97 Å². The molecule has 0 fully saturated rings. The first-order valence-corrected chi connectivity index (χ1v) is 6.93. The van der Waals surface area contributed by atoms with Crippen LogP contribution in [0.5, 0.6) is 0 Å². The molecule has 0 aliphatic rings. The lowest BCUT2D eigenvalue weighted by molar-refractivity contribution is 0.0517. The number of hydrogen-bond acceptors (Lipinski definition) is 3. The van der Waals surface area contributed by atoms with Crippen LogP contribution >= 0.6 is 11.3 Å². The predicted molar refractivity (Wildman–Crippen MR) is 76.2 cm³/mol. The number of thiophene rings is 1. The lowest BCUT2D eigenvalue weighted by Crippen LogP contribution is -2.03. The third-order valence-corrected chi connectivity index (χ3v) is 3.64. The van der Waals surface area contributed by atoms with Crippen LogP contribution < -0.4 is 0 Å². The topological polar surface area (TPSA) is 26.3 Å². The minimum Gasteiger partial charge on any atom is -0.461 e. The van der Waals surface area contributed by atoms with Crippen molar-refractivity contribution in [3.05, 3.63) is 47.4 Å². The van der Waals surface area contributed by atoms with Crippen LogP contribution in [0.2, 0.25) is 0 Å². The number of benzene rings is 1. The molecule has 2 aromatic rings. The molecule has 94 valence electrons. The molecule has 1 aromatic heterocycles. The summed E-state index contributed by atoms with van der Waals surface area (Å²) in [6.45, 7) is 2.53. The van der Waals surface area contributed by atoms with Crippen molar-refractivity contribution in [3.63, 3.8) is 0 Å². The number of carbonyl (C=O) groups excluding carboxylic acids is 1. The SMILES string of the molecule is CC/C=C\CCOC(=O)c1cc2ccccc2s1. The van der Waals surface area contributed by atoms with E-state index >= 15 is 0 Å². The van der Waals surface area contributed by atoms with Gasteiger partial charge in [-0.05, 0) is 30.4 Å². The molecule has 0 aliphatic carbocycles. The molecule has 0 unspecified atom stereocenters. The highest BCUT2D eigenvalue weighted by Crippen LogP contribution is 2.25. The highest BCUT2D eigenvalue weighted by molar-refractivity contribution is 7.20. The van der Waals surface area contributed by atoms with E-state index in [1.54, 1.807) is 0 Å². The van der Waals surface area contributed by atoms with Crippen molar-refractivity contribution in [1.29, 1.82) is 0 Å². The number of allylic oxidation sites excluding steroid dienone is 1. The van der Waals surface area contributed by atoms with Crippen molar-refractivity contribution in [2.24, 2.45) is 0 Å². The molecule has 0 saturated carbocycles. The summed E-state index contributed by atoms with van der Waals surface area (Å²) >= 11 is 1.48. The van der Waals surface area contributed by atoms with Crippen molar-refractivity contribution in [2.45, 2.75) is 19.8 Å². The van der Waals surface area contributed by atoms with Gasteiger partial charge in [-0.1, -0.05) is 37.3 Å². The quantitative estimate of drug-likeness (QED) is 0.452. The maximum absolute atomic E-state index is 11.8. The number of hydrogen-bond donors (Lipinski definition) is 0. The average Bonchev–Trinajstić information content (AvgIpc) is 2.82. The van der Waals surface area contributed by atoms with Crippen LogP contribution in [0.15, 0.2) is 42.5 Å². The zero-order valence-electron chi connectivity index (χ0n) is 10.4. The number of esters is 1. The Hall–Kier alpha value is -1.61. The lowest BCUT2D eigenvalue weighted by atomic mass is 10.2. The highest BCUT2D eigenvalue weighted by Gasteiger charge is 2.10. The Bertz CT molecular complexity index is 521. The molecule has 0 radical (unpaired) electrons. The van der Waals surface area contributed by atoms with E-state index in [0.717, 1.165) is 22.9 Å². The normalized spacial score (nSPS) is 11.2. The Morgan fingerprint density at radius 3 is 2.94 bits per heavy atom. The first-order valence-electron chi connectivity index (χ1n) is 6.12. The Labute approximate surface area is 111 Å². The van der Waals surface area contributed by atoms with Crippen molar-refractivity contribution < 1.29 is 9.53 Å². The summed E-state index contributed by atoms with van der Waals surface area (Å²) in [5.41, 5.74) is 0. The second-order valence-corrected chi connectivity index (χ2v) is 5.04. The van der Waals surface area contributed by atoms with E-state index in [1.165, 1.54) is 11.3 Å². The van der Waals surface area contributed by atoms with E-state index in [4.69, 9.17) is 4.74 Å².